The number of nitrogens with one attached hydrogen (secondary N) is 3. The van der Waals surface area contributed by atoms with E-state index in [1.54, 1.807) is 0 Å². The van der Waals surface area contributed by atoms with E-state index in [0.717, 1.165) is 60.3 Å². The number of fused-ring (bicyclic) bond motifs is 3. The van der Waals surface area contributed by atoms with Gasteiger partial charge >= 0.3 is 0 Å². The maximum absolute atomic E-state index is 12.8. The van der Waals surface area contributed by atoms with Gasteiger partial charge in [0.1, 0.15) is 27.6 Å². The molecule has 3 aromatic rings. The van der Waals surface area contributed by atoms with Crippen LogP contribution in [-0.2, 0) is 27.5 Å². The van der Waals surface area contributed by atoms with E-state index >= 15 is 0 Å². The van der Waals surface area contributed by atoms with Crippen molar-refractivity contribution >= 4 is 44.2 Å². The molecule has 1 saturated heterocycles. The highest BCUT2D eigenvalue weighted by Crippen LogP contribution is 2.35. The molecule has 0 bridgehead atoms. The zero-order valence-electron chi connectivity index (χ0n) is 20.9. The molecule has 0 spiro atoms. The first-order chi connectivity index (χ1) is 17.8. The molecule has 2 aliphatic rings. The van der Waals surface area contributed by atoms with E-state index in [4.69, 9.17) is 0 Å². The first-order valence-corrected chi connectivity index (χ1v) is 14.8. The van der Waals surface area contributed by atoms with Gasteiger partial charge in [0.2, 0.25) is 5.91 Å². The van der Waals surface area contributed by atoms with Crippen molar-refractivity contribution in [3.8, 4) is 0 Å². The van der Waals surface area contributed by atoms with E-state index in [1.807, 2.05) is 29.2 Å². The lowest BCUT2D eigenvalue weighted by atomic mass is 9.86. The van der Waals surface area contributed by atoms with E-state index in [1.165, 1.54) is 12.6 Å². The van der Waals surface area contributed by atoms with Crippen molar-refractivity contribution in [3.63, 3.8) is 0 Å². The van der Waals surface area contributed by atoms with Crippen molar-refractivity contribution in [1.82, 2.24) is 25.2 Å². The lowest BCUT2D eigenvalue weighted by molar-refractivity contribution is -0.125. The Morgan fingerprint density at radius 2 is 1.89 bits per heavy atom. The summed E-state index contributed by atoms with van der Waals surface area (Å²) in [5.74, 6) is 0.514. The molecule has 1 aliphatic heterocycles. The number of benzene rings is 1. The summed E-state index contributed by atoms with van der Waals surface area (Å²) < 4.78 is 22.6. The molecule has 0 unspecified atom stereocenters. The maximum Gasteiger partial charge on any atom is 0.253 e. The molecule has 0 saturated carbocycles. The molecule has 2 amide bonds. The number of hydrogen-bond acceptors (Lipinski definition) is 7. The minimum absolute atomic E-state index is 0.0573. The van der Waals surface area contributed by atoms with Gasteiger partial charge in [0.15, 0.2) is 0 Å². The van der Waals surface area contributed by atoms with Crippen molar-refractivity contribution in [2.24, 2.45) is 5.92 Å². The second-order valence-corrected chi connectivity index (χ2v) is 12.2. The normalized spacial score (nSPS) is 17.5. The highest BCUT2D eigenvalue weighted by molar-refractivity contribution is 7.90. The van der Waals surface area contributed by atoms with Crippen LogP contribution in [0.1, 0.15) is 47.3 Å². The van der Waals surface area contributed by atoms with Crippen LogP contribution in [0, 0.1) is 5.92 Å². The number of H-pyrrole nitrogens is 1. The number of rotatable bonds is 8. The number of carbonyl (C=O) groups excluding carboxylic acids is 2. The van der Waals surface area contributed by atoms with E-state index in [2.05, 4.69) is 25.6 Å². The first-order valence-electron chi connectivity index (χ1n) is 12.7. The van der Waals surface area contributed by atoms with Crippen molar-refractivity contribution in [3.05, 3.63) is 47.4 Å². The standard InChI is InChI=1S/C26H32N6O4S/c1-37(35,36)14-4-11-27-25(33)18-7-10-21-20(15-18)22-23(28-16-29-24(22)31-21)30-19-8-5-17(6-9-19)26(34)32-12-2-3-13-32/h5-6,8-9,16,18H,2-4,7,10-15H2,1H3,(H,27,33)(H2,28,29,30,31)/t18-/m0/s1. The average Bonchev–Trinajstić information content (AvgIpc) is 3.54. The third kappa shape index (κ3) is 5.76. The molecule has 10 nitrogen and oxygen atoms in total. The van der Waals surface area contributed by atoms with Gasteiger partial charge in [-0.1, -0.05) is 0 Å². The predicted octanol–water partition coefficient (Wildman–Crippen LogP) is 2.59. The summed E-state index contributed by atoms with van der Waals surface area (Å²) in [7, 11) is -3.04. The SMILES string of the molecule is CS(=O)(=O)CCCNC(=O)[C@H]1CCc2[nH]c3ncnc(Nc4ccc(C(=O)N5CCCC5)cc4)c3c2C1. The molecule has 196 valence electrons. The van der Waals surface area contributed by atoms with E-state index in [9.17, 15) is 18.0 Å². The summed E-state index contributed by atoms with van der Waals surface area (Å²) >= 11 is 0. The van der Waals surface area contributed by atoms with Crippen LogP contribution in [-0.4, -0.2) is 71.7 Å². The first kappa shape index (κ1) is 25.2. The van der Waals surface area contributed by atoms with Crippen molar-refractivity contribution in [2.45, 2.75) is 38.5 Å². The summed E-state index contributed by atoms with van der Waals surface area (Å²) in [5.41, 5.74) is 4.29. The van der Waals surface area contributed by atoms with Gasteiger partial charge in [0.25, 0.3) is 5.91 Å². The van der Waals surface area contributed by atoms with Crippen LogP contribution in [0.3, 0.4) is 0 Å². The molecule has 11 heteroatoms. The smallest absolute Gasteiger partial charge is 0.253 e. The number of likely N-dealkylation sites (tertiary alicyclic amines) is 1. The second-order valence-electron chi connectivity index (χ2n) is 9.94. The molecule has 0 radical (unpaired) electrons. The highest BCUT2D eigenvalue weighted by Gasteiger charge is 2.29. The number of aromatic amines is 1. The Balaban J connectivity index is 1.29. The topological polar surface area (TPSA) is 137 Å². The van der Waals surface area contributed by atoms with Gasteiger partial charge in [-0.3, -0.25) is 9.59 Å². The zero-order valence-corrected chi connectivity index (χ0v) is 21.7. The van der Waals surface area contributed by atoms with E-state index in [0.29, 0.717) is 37.2 Å². The Kier molecular flexibility index (Phi) is 7.14. The fourth-order valence-corrected chi connectivity index (χ4v) is 5.85. The number of carbonyl (C=O) groups is 2. The fourth-order valence-electron chi connectivity index (χ4n) is 5.19. The average molecular weight is 525 g/mol. The number of amides is 2. The minimum atomic E-state index is -3.04. The monoisotopic (exact) mass is 524 g/mol. The van der Waals surface area contributed by atoms with Gasteiger partial charge < -0.3 is 20.5 Å². The summed E-state index contributed by atoms with van der Waals surface area (Å²) in [4.78, 5) is 39.6. The van der Waals surface area contributed by atoms with Gasteiger partial charge in [-0.05, 0) is 68.4 Å². The third-order valence-electron chi connectivity index (χ3n) is 7.13. The number of anilines is 2. The Hall–Kier alpha value is -3.47. The summed E-state index contributed by atoms with van der Waals surface area (Å²) in [5, 5.41) is 7.12. The Morgan fingerprint density at radius 1 is 1.14 bits per heavy atom. The molecule has 3 heterocycles. The molecule has 3 N–H and O–H groups in total. The molecule has 2 aromatic heterocycles. The lowest BCUT2D eigenvalue weighted by Crippen LogP contribution is -2.35. The van der Waals surface area contributed by atoms with Gasteiger partial charge in [0.05, 0.1) is 11.1 Å². The van der Waals surface area contributed by atoms with Crippen molar-refractivity contribution in [1.29, 1.82) is 0 Å². The quantitative estimate of drug-likeness (QED) is 0.385. The second kappa shape index (κ2) is 10.5. The Labute approximate surface area is 216 Å². The predicted molar refractivity (Wildman–Crippen MR) is 142 cm³/mol. The van der Waals surface area contributed by atoms with Gasteiger partial charge in [-0.25, -0.2) is 18.4 Å². The molecule has 5 rings (SSSR count). The van der Waals surface area contributed by atoms with Crippen LogP contribution < -0.4 is 10.6 Å². The maximum atomic E-state index is 12.8. The largest absolute Gasteiger partial charge is 0.356 e. The Bertz CT molecular complexity index is 1410. The van der Waals surface area contributed by atoms with Crippen LogP contribution >= 0.6 is 0 Å². The number of aryl methyl sites for hydroxylation is 1. The summed E-state index contributed by atoms with van der Waals surface area (Å²) in [6, 6.07) is 7.42. The molecule has 37 heavy (non-hydrogen) atoms. The number of sulfone groups is 1. The van der Waals surface area contributed by atoms with E-state index in [-0.39, 0.29) is 23.5 Å². The highest BCUT2D eigenvalue weighted by atomic mass is 32.2. The molecular weight excluding hydrogens is 492 g/mol. The van der Waals surface area contributed by atoms with Crippen LogP contribution in [0.25, 0.3) is 11.0 Å². The van der Waals surface area contributed by atoms with Crippen molar-refractivity contribution < 1.29 is 18.0 Å². The molecule has 1 atom stereocenters. The van der Waals surface area contributed by atoms with Crippen LogP contribution in [0.15, 0.2) is 30.6 Å². The third-order valence-corrected chi connectivity index (χ3v) is 8.16. The molecule has 1 fully saturated rings. The fraction of sp³-hybridized carbons (Fsp3) is 0.462. The molecular formula is C26H32N6O4S. The minimum Gasteiger partial charge on any atom is -0.356 e. The number of hydrogen-bond donors (Lipinski definition) is 3. The number of aromatic nitrogens is 3. The van der Waals surface area contributed by atoms with E-state index < -0.39 is 9.84 Å². The van der Waals surface area contributed by atoms with Crippen molar-refractivity contribution in [2.75, 3.05) is 37.0 Å². The molecule has 1 aliphatic carbocycles. The van der Waals surface area contributed by atoms with Crippen LogP contribution in [0.5, 0.6) is 0 Å². The zero-order chi connectivity index (χ0) is 26.0. The van der Waals surface area contributed by atoms with Gasteiger partial charge in [-0.15, -0.1) is 0 Å². The summed E-state index contributed by atoms with van der Waals surface area (Å²) in [6.07, 6.45) is 7.21. The van der Waals surface area contributed by atoms with Crippen LogP contribution in [0.4, 0.5) is 11.5 Å². The lowest BCUT2D eigenvalue weighted by Gasteiger charge is -2.22. The van der Waals surface area contributed by atoms with Gasteiger partial charge in [0, 0.05) is 48.8 Å². The molecule has 1 aromatic carbocycles. The summed E-state index contributed by atoms with van der Waals surface area (Å²) in [6.45, 7) is 1.97. The van der Waals surface area contributed by atoms with Gasteiger partial charge in [-0.2, -0.15) is 0 Å². The Morgan fingerprint density at radius 3 is 2.62 bits per heavy atom. The number of nitrogens with zero attached hydrogens (tertiary/aromatic N) is 3. The van der Waals surface area contributed by atoms with Crippen LogP contribution in [0.2, 0.25) is 0 Å².